The number of hydrogen-bond donors (Lipinski definition) is 2. The van der Waals surface area contributed by atoms with Crippen LogP contribution in [0.15, 0.2) is 60.7 Å². The van der Waals surface area contributed by atoms with Crippen molar-refractivity contribution in [3.05, 3.63) is 83.2 Å². The molecule has 3 saturated carbocycles. The van der Waals surface area contributed by atoms with Crippen LogP contribution in [0.2, 0.25) is 0 Å². The van der Waals surface area contributed by atoms with Gasteiger partial charge in [-0.25, -0.2) is 9.07 Å². The van der Waals surface area contributed by atoms with Crippen molar-refractivity contribution in [1.29, 1.82) is 0 Å². The summed E-state index contributed by atoms with van der Waals surface area (Å²) in [6, 6.07) is 14.0. The molecule has 40 heavy (non-hydrogen) atoms. The Morgan fingerprint density at radius 3 is 2.27 bits per heavy atom. The molecule has 3 aliphatic rings. The highest BCUT2D eigenvalue weighted by molar-refractivity contribution is 6.07. The molecule has 3 aromatic carbocycles. The Morgan fingerprint density at radius 2 is 1.65 bits per heavy atom. The molecule has 0 unspecified atom stereocenters. The highest BCUT2D eigenvalue weighted by atomic mass is 19.4. The van der Waals surface area contributed by atoms with Crippen LogP contribution in [0.5, 0.6) is 0 Å². The summed E-state index contributed by atoms with van der Waals surface area (Å²) in [5.74, 6) is -1.58. The Balaban J connectivity index is 1.32. The maximum Gasteiger partial charge on any atom is 0.416 e. The number of carbonyl (C=O) groups excluding carboxylic acids is 1. The zero-order valence-electron chi connectivity index (χ0n) is 21.1. The van der Waals surface area contributed by atoms with E-state index < -0.39 is 23.5 Å². The Morgan fingerprint density at radius 1 is 0.975 bits per heavy atom. The van der Waals surface area contributed by atoms with Gasteiger partial charge in [0, 0.05) is 12.0 Å². The van der Waals surface area contributed by atoms with E-state index in [1.54, 1.807) is 24.3 Å². The van der Waals surface area contributed by atoms with Crippen LogP contribution < -0.4 is 5.32 Å². The van der Waals surface area contributed by atoms with Gasteiger partial charge in [-0.15, -0.1) is 5.10 Å². The average Bonchev–Trinajstić information content (AvgIpc) is 3.26. The molecule has 0 aliphatic heterocycles. The minimum Gasteiger partial charge on any atom is -0.481 e. The number of carboxylic acids is 1. The van der Waals surface area contributed by atoms with E-state index in [1.807, 2.05) is 0 Å². The van der Waals surface area contributed by atoms with Crippen LogP contribution in [0, 0.1) is 11.2 Å². The SMILES string of the molecule is O=C(O)CCC12CC(NC(=O)c3cc(-c4ccc(F)cc4)cc4nnn(Cc5ccc(C(F)(F)F)cc5)c34)(C1)C2. The molecule has 3 aliphatic carbocycles. The van der Waals surface area contributed by atoms with Crippen molar-refractivity contribution in [2.75, 3.05) is 0 Å². The number of benzene rings is 3. The molecule has 0 spiro atoms. The van der Waals surface area contributed by atoms with Gasteiger partial charge in [0.05, 0.1) is 17.7 Å². The summed E-state index contributed by atoms with van der Waals surface area (Å²) in [6.45, 7) is 0.0915. The zero-order valence-corrected chi connectivity index (χ0v) is 21.1. The van der Waals surface area contributed by atoms with Crippen LogP contribution in [-0.4, -0.2) is 37.5 Å². The van der Waals surface area contributed by atoms with Crippen molar-refractivity contribution in [3.8, 4) is 11.1 Å². The van der Waals surface area contributed by atoms with Gasteiger partial charge in [0.1, 0.15) is 16.9 Å². The van der Waals surface area contributed by atoms with E-state index in [0.29, 0.717) is 53.4 Å². The second-order valence-corrected chi connectivity index (χ2v) is 11.0. The predicted octanol–water partition coefficient (Wildman–Crippen LogP) is 5.82. The monoisotopic (exact) mass is 552 g/mol. The van der Waals surface area contributed by atoms with E-state index in [0.717, 1.165) is 12.1 Å². The quantitative estimate of drug-likeness (QED) is 0.269. The van der Waals surface area contributed by atoms with Crippen molar-refractivity contribution < 1.29 is 32.3 Å². The summed E-state index contributed by atoms with van der Waals surface area (Å²) in [4.78, 5) is 24.7. The highest BCUT2D eigenvalue weighted by Gasteiger charge is 2.67. The van der Waals surface area contributed by atoms with Crippen molar-refractivity contribution in [1.82, 2.24) is 20.3 Å². The first-order chi connectivity index (χ1) is 18.9. The summed E-state index contributed by atoms with van der Waals surface area (Å²) >= 11 is 0. The summed E-state index contributed by atoms with van der Waals surface area (Å²) < 4.78 is 54.0. The lowest BCUT2D eigenvalue weighted by Crippen LogP contribution is -2.74. The van der Waals surface area contributed by atoms with Crippen LogP contribution in [-0.2, 0) is 17.5 Å². The molecule has 0 radical (unpaired) electrons. The first kappa shape index (κ1) is 26.0. The first-order valence-electron chi connectivity index (χ1n) is 12.8. The molecule has 2 N–H and O–H groups in total. The number of carboxylic acid groups (broad SMARTS) is 1. The van der Waals surface area contributed by atoms with Crippen molar-refractivity contribution in [3.63, 3.8) is 0 Å². The molecular formula is C29H24F4N4O3. The number of alkyl halides is 3. The number of halogens is 4. The predicted molar refractivity (Wildman–Crippen MR) is 137 cm³/mol. The molecule has 0 atom stereocenters. The maximum atomic E-state index is 13.7. The molecule has 3 fully saturated rings. The fourth-order valence-electron chi connectivity index (χ4n) is 6.25. The molecule has 1 aromatic heterocycles. The summed E-state index contributed by atoms with van der Waals surface area (Å²) in [5.41, 5.74) is 1.80. The number of fused-ring (bicyclic) bond motifs is 1. The van der Waals surface area contributed by atoms with Gasteiger partial charge in [0.25, 0.3) is 5.91 Å². The molecule has 206 valence electrons. The fraction of sp³-hybridized carbons (Fsp3) is 0.310. The number of aromatic nitrogens is 3. The second kappa shape index (κ2) is 9.14. The molecule has 0 saturated heterocycles. The normalized spacial score (nSPS) is 21.5. The van der Waals surface area contributed by atoms with Crippen LogP contribution in [0.3, 0.4) is 0 Å². The van der Waals surface area contributed by atoms with Gasteiger partial charge in [-0.2, -0.15) is 13.2 Å². The molecular weight excluding hydrogens is 528 g/mol. The largest absolute Gasteiger partial charge is 0.481 e. The minimum atomic E-state index is -4.45. The van der Waals surface area contributed by atoms with E-state index in [4.69, 9.17) is 5.11 Å². The summed E-state index contributed by atoms with van der Waals surface area (Å²) in [5, 5.41) is 20.6. The van der Waals surface area contributed by atoms with E-state index in [1.165, 1.54) is 28.9 Å². The van der Waals surface area contributed by atoms with Crippen molar-refractivity contribution >= 4 is 22.9 Å². The number of carbonyl (C=O) groups is 2. The van der Waals surface area contributed by atoms with Gasteiger partial charge in [0.2, 0.25) is 0 Å². The molecule has 11 heteroatoms. The Bertz CT molecular complexity index is 1610. The third-order valence-corrected chi connectivity index (χ3v) is 8.03. The number of nitrogens with zero attached hydrogens (tertiary/aromatic N) is 3. The van der Waals surface area contributed by atoms with E-state index in [9.17, 15) is 27.2 Å². The molecule has 4 aromatic rings. The van der Waals surface area contributed by atoms with Crippen LogP contribution in [0.1, 0.15) is 53.6 Å². The number of nitrogens with one attached hydrogen (secondary N) is 1. The fourth-order valence-corrected chi connectivity index (χ4v) is 6.25. The number of aliphatic carboxylic acids is 1. The Labute approximate surface area is 225 Å². The molecule has 1 amide bonds. The zero-order chi connectivity index (χ0) is 28.3. The van der Waals surface area contributed by atoms with E-state index >= 15 is 0 Å². The van der Waals surface area contributed by atoms with Gasteiger partial charge in [0.15, 0.2) is 0 Å². The lowest BCUT2D eigenvalue weighted by Gasteiger charge is -2.71. The van der Waals surface area contributed by atoms with Crippen LogP contribution in [0.25, 0.3) is 22.2 Å². The average molecular weight is 553 g/mol. The minimum absolute atomic E-state index is 0.0388. The lowest BCUT2D eigenvalue weighted by atomic mass is 9.38. The summed E-state index contributed by atoms with van der Waals surface area (Å²) in [6.07, 6.45) is -1.64. The van der Waals surface area contributed by atoms with E-state index in [-0.39, 0.29) is 35.4 Å². The molecule has 7 rings (SSSR count). The van der Waals surface area contributed by atoms with Gasteiger partial charge in [-0.05, 0) is 84.2 Å². The topological polar surface area (TPSA) is 97.1 Å². The number of amides is 1. The first-order valence-corrected chi connectivity index (χ1v) is 12.8. The molecule has 2 bridgehead atoms. The standard InChI is InChI=1S/C29H24F4N4O3/c30-21-7-3-18(4-8-21)19-11-22(26(40)34-28-14-27(15-28,16-28)10-9-24(38)39)25-23(12-19)35-36-37(25)13-17-1-5-20(6-2-17)29(31,32)33/h1-8,11-12H,9-10,13-16H2,(H,34,40)(H,38,39). The van der Waals surface area contributed by atoms with Gasteiger partial charge in [-0.3, -0.25) is 9.59 Å². The van der Waals surface area contributed by atoms with Gasteiger partial charge < -0.3 is 10.4 Å². The van der Waals surface area contributed by atoms with Crippen molar-refractivity contribution in [2.45, 2.75) is 50.4 Å². The number of rotatable bonds is 8. The third-order valence-electron chi connectivity index (χ3n) is 8.03. The second-order valence-electron chi connectivity index (χ2n) is 11.0. The smallest absolute Gasteiger partial charge is 0.416 e. The summed E-state index contributed by atoms with van der Waals surface area (Å²) in [7, 11) is 0. The molecule has 7 nitrogen and oxygen atoms in total. The lowest BCUT2D eigenvalue weighted by molar-refractivity contribution is -0.161. The van der Waals surface area contributed by atoms with Crippen molar-refractivity contribution in [2.24, 2.45) is 5.41 Å². The van der Waals surface area contributed by atoms with Gasteiger partial charge >= 0.3 is 12.1 Å². The molecule has 1 heterocycles. The Kier molecular flexibility index (Phi) is 5.93. The van der Waals surface area contributed by atoms with Crippen LogP contribution in [0.4, 0.5) is 17.6 Å². The third kappa shape index (κ3) is 4.69. The maximum absolute atomic E-state index is 13.7. The van der Waals surface area contributed by atoms with Gasteiger partial charge in [-0.1, -0.05) is 29.5 Å². The highest BCUT2D eigenvalue weighted by Crippen LogP contribution is 2.69. The van der Waals surface area contributed by atoms with Crippen LogP contribution >= 0.6 is 0 Å². The number of hydrogen-bond acceptors (Lipinski definition) is 4. The van der Waals surface area contributed by atoms with E-state index in [2.05, 4.69) is 15.6 Å². The Hall–Kier alpha value is -4.28.